The first kappa shape index (κ1) is 15.1. The third-order valence-electron chi connectivity index (χ3n) is 4.79. The molecule has 2 N–H and O–H groups in total. The Hall–Kier alpha value is -0.840. The molecule has 0 atom stereocenters. The third kappa shape index (κ3) is 3.50. The fourth-order valence-corrected chi connectivity index (χ4v) is 3.85. The number of likely N-dealkylation sites (tertiary alicyclic amines) is 1. The van der Waals surface area contributed by atoms with Crippen LogP contribution in [0.5, 0.6) is 0 Å². The summed E-state index contributed by atoms with van der Waals surface area (Å²) in [4.78, 5) is 9.52. The molecule has 116 valence electrons. The Labute approximate surface area is 132 Å². The fraction of sp³-hybridized carbons (Fsp3) is 0.688. The van der Waals surface area contributed by atoms with Crippen LogP contribution < -0.4 is 10.6 Å². The number of hydrogen-bond donors (Lipinski definition) is 1. The number of hydrogen-bond acceptors (Lipinski definition) is 4. The average Bonchev–Trinajstić information content (AvgIpc) is 2.56. The molecule has 21 heavy (non-hydrogen) atoms. The lowest BCUT2D eigenvalue weighted by Crippen LogP contribution is -2.47. The Balaban J connectivity index is 1.60. The van der Waals surface area contributed by atoms with Crippen LogP contribution in [0.25, 0.3) is 0 Å². The first-order valence-electron chi connectivity index (χ1n) is 8.11. The summed E-state index contributed by atoms with van der Waals surface area (Å²) in [5.41, 5.74) is 6.62. The van der Waals surface area contributed by atoms with Crippen molar-refractivity contribution in [3.05, 3.63) is 22.8 Å². The summed E-state index contributed by atoms with van der Waals surface area (Å²) >= 11 is 6.36. The Morgan fingerprint density at radius 1 is 1.14 bits per heavy atom. The summed E-state index contributed by atoms with van der Waals surface area (Å²) in [6.45, 7) is 5.17. The van der Waals surface area contributed by atoms with Gasteiger partial charge in [0.25, 0.3) is 0 Å². The summed E-state index contributed by atoms with van der Waals surface area (Å²) in [5, 5.41) is 0.731. The molecule has 2 fully saturated rings. The molecule has 3 rings (SSSR count). The van der Waals surface area contributed by atoms with Crippen molar-refractivity contribution in [2.75, 3.05) is 31.1 Å². The van der Waals surface area contributed by atoms with Crippen LogP contribution in [0.15, 0.2) is 12.3 Å². The van der Waals surface area contributed by atoms with E-state index < -0.39 is 0 Å². The molecule has 5 heteroatoms. The number of nitrogens with two attached hydrogens (primary N) is 1. The Morgan fingerprint density at radius 3 is 2.48 bits per heavy atom. The lowest BCUT2D eigenvalue weighted by Gasteiger charge is -2.40. The minimum Gasteiger partial charge on any atom is -0.355 e. The van der Waals surface area contributed by atoms with Crippen LogP contribution in [0, 0.1) is 0 Å². The van der Waals surface area contributed by atoms with E-state index >= 15 is 0 Å². The SMILES string of the molecule is NCc1cnc(N2CCC(N3CCCCC3)CC2)c(Cl)c1. The normalized spacial score (nSPS) is 21.7. The molecular weight excluding hydrogens is 284 g/mol. The highest BCUT2D eigenvalue weighted by atomic mass is 35.5. The van der Waals surface area contributed by atoms with Gasteiger partial charge >= 0.3 is 0 Å². The van der Waals surface area contributed by atoms with E-state index in [-0.39, 0.29) is 0 Å². The van der Waals surface area contributed by atoms with Crippen molar-refractivity contribution >= 4 is 17.4 Å². The second-order valence-electron chi connectivity index (χ2n) is 6.17. The minimum absolute atomic E-state index is 0.490. The van der Waals surface area contributed by atoms with Crippen molar-refractivity contribution in [2.45, 2.75) is 44.7 Å². The zero-order valence-corrected chi connectivity index (χ0v) is 13.4. The van der Waals surface area contributed by atoms with Gasteiger partial charge in [-0.05, 0) is 50.4 Å². The maximum absolute atomic E-state index is 6.36. The summed E-state index contributed by atoms with van der Waals surface area (Å²) in [6.07, 6.45) is 8.43. The molecule has 4 nitrogen and oxygen atoms in total. The number of rotatable bonds is 3. The number of anilines is 1. The first-order valence-corrected chi connectivity index (χ1v) is 8.49. The molecule has 0 unspecified atom stereocenters. The monoisotopic (exact) mass is 308 g/mol. The second-order valence-corrected chi connectivity index (χ2v) is 6.58. The molecule has 0 bridgehead atoms. The molecule has 2 aliphatic rings. The van der Waals surface area contributed by atoms with Crippen molar-refractivity contribution in [1.82, 2.24) is 9.88 Å². The van der Waals surface area contributed by atoms with Crippen LogP contribution in [0.3, 0.4) is 0 Å². The topological polar surface area (TPSA) is 45.4 Å². The van der Waals surface area contributed by atoms with Gasteiger partial charge in [-0.3, -0.25) is 0 Å². The first-order chi connectivity index (χ1) is 10.3. The predicted octanol–water partition coefficient (Wildman–Crippen LogP) is 2.65. The van der Waals surface area contributed by atoms with Crippen molar-refractivity contribution in [3.8, 4) is 0 Å². The highest BCUT2D eigenvalue weighted by molar-refractivity contribution is 6.33. The lowest BCUT2D eigenvalue weighted by atomic mass is 10.00. The van der Waals surface area contributed by atoms with E-state index in [0.29, 0.717) is 6.54 Å². The zero-order valence-electron chi connectivity index (χ0n) is 12.6. The van der Waals surface area contributed by atoms with Gasteiger partial charge in [0.2, 0.25) is 0 Å². The van der Waals surface area contributed by atoms with Crippen LogP contribution in [-0.4, -0.2) is 42.1 Å². The van der Waals surface area contributed by atoms with Gasteiger partial charge in [-0.15, -0.1) is 0 Å². The van der Waals surface area contributed by atoms with Crippen molar-refractivity contribution in [2.24, 2.45) is 5.73 Å². The smallest absolute Gasteiger partial charge is 0.147 e. The van der Waals surface area contributed by atoms with Gasteiger partial charge < -0.3 is 15.5 Å². The molecule has 0 spiro atoms. The average molecular weight is 309 g/mol. The van der Waals surface area contributed by atoms with E-state index in [1.165, 1.54) is 45.2 Å². The van der Waals surface area contributed by atoms with E-state index in [1.54, 1.807) is 0 Å². The number of pyridine rings is 1. The van der Waals surface area contributed by atoms with E-state index in [1.807, 2.05) is 12.3 Å². The van der Waals surface area contributed by atoms with Crippen LogP contribution in [0.2, 0.25) is 5.02 Å². The van der Waals surface area contributed by atoms with Crippen molar-refractivity contribution in [3.63, 3.8) is 0 Å². The van der Waals surface area contributed by atoms with Crippen LogP contribution in [-0.2, 0) is 6.54 Å². The van der Waals surface area contributed by atoms with Crippen LogP contribution in [0.4, 0.5) is 5.82 Å². The quantitative estimate of drug-likeness (QED) is 0.932. The minimum atomic E-state index is 0.490. The molecule has 2 saturated heterocycles. The Bertz CT molecular complexity index is 465. The maximum atomic E-state index is 6.36. The van der Waals surface area contributed by atoms with E-state index in [0.717, 1.165) is 35.5 Å². The number of piperidine rings is 2. The van der Waals surface area contributed by atoms with Crippen LogP contribution >= 0.6 is 11.6 Å². The molecule has 0 aromatic carbocycles. The molecular formula is C16H25ClN4. The summed E-state index contributed by atoms with van der Waals surface area (Å²) in [6, 6.07) is 2.70. The van der Waals surface area contributed by atoms with Gasteiger partial charge in [0.05, 0.1) is 5.02 Å². The van der Waals surface area contributed by atoms with E-state index in [4.69, 9.17) is 17.3 Å². The predicted molar refractivity (Wildman–Crippen MR) is 87.8 cm³/mol. The fourth-order valence-electron chi connectivity index (χ4n) is 3.54. The largest absolute Gasteiger partial charge is 0.355 e. The summed E-state index contributed by atoms with van der Waals surface area (Å²) in [5.74, 6) is 0.922. The summed E-state index contributed by atoms with van der Waals surface area (Å²) < 4.78 is 0. The van der Waals surface area contributed by atoms with Crippen LogP contribution in [0.1, 0.15) is 37.7 Å². The Kier molecular flexibility index (Phi) is 4.99. The van der Waals surface area contributed by atoms with Gasteiger partial charge in [-0.2, -0.15) is 0 Å². The molecule has 3 heterocycles. The summed E-state index contributed by atoms with van der Waals surface area (Å²) in [7, 11) is 0. The van der Waals surface area contributed by atoms with Gasteiger partial charge in [-0.25, -0.2) is 4.98 Å². The van der Waals surface area contributed by atoms with Gasteiger partial charge in [-0.1, -0.05) is 18.0 Å². The molecule has 1 aromatic heterocycles. The van der Waals surface area contributed by atoms with Gasteiger partial charge in [0.1, 0.15) is 5.82 Å². The highest BCUT2D eigenvalue weighted by Gasteiger charge is 2.26. The Morgan fingerprint density at radius 2 is 1.86 bits per heavy atom. The zero-order chi connectivity index (χ0) is 14.7. The lowest BCUT2D eigenvalue weighted by molar-refractivity contribution is 0.141. The standard InChI is InChI=1S/C16H25ClN4/c17-15-10-13(11-18)12-19-16(15)21-8-4-14(5-9-21)20-6-2-1-3-7-20/h10,12,14H,1-9,11,18H2. The van der Waals surface area contributed by atoms with Gasteiger partial charge in [0, 0.05) is 31.9 Å². The second kappa shape index (κ2) is 6.95. The molecule has 0 radical (unpaired) electrons. The molecule has 2 aliphatic heterocycles. The number of aromatic nitrogens is 1. The number of halogens is 1. The molecule has 0 aliphatic carbocycles. The highest BCUT2D eigenvalue weighted by Crippen LogP contribution is 2.28. The molecule has 1 aromatic rings. The van der Waals surface area contributed by atoms with Crippen molar-refractivity contribution < 1.29 is 0 Å². The molecule has 0 amide bonds. The third-order valence-corrected chi connectivity index (χ3v) is 5.06. The van der Waals surface area contributed by atoms with E-state index in [9.17, 15) is 0 Å². The van der Waals surface area contributed by atoms with Crippen molar-refractivity contribution in [1.29, 1.82) is 0 Å². The maximum Gasteiger partial charge on any atom is 0.147 e. The van der Waals surface area contributed by atoms with Gasteiger partial charge in [0.15, 0.2) is 0 Å². The number of nitrogens with zero attached hydrogens (tertiary/aromatic N) is 3. The van der Waals surface area contributed by atoms with E-state index in [2.05, 4.69) is 14.8 Å². The molecule has 0 saturated carbocycles.